The largest absolute Gasteiger partial charge is 0.382 e. The lowest BCUT2D eigenvalue weighted by atomic mass is 10.2. The molecule has 2 N–H and O–H groups in total. The van der Waals surface area contributed by atoms with Crippen molar-refractivity contribution in [1.82, 2.24) is 10.2 Å². The van der Waals surface area contributed by atoms with Crippen molar-refractivity contribution in [3.05, 3.63) is 27.4 Å². The van der Waals surface area contributed by atoms with Gasteiger partial charge in [-0.1, -0.05) is 0 Å². The molecular formula is C8H6BrN3S. The molecule has 0 saturated heterocycles. The van der Waals surface area contributed by atoms with Crippen molar-refractivity contribution < 1.29 is 0 Å². The van der Waals surface area contributed by atoms with Gasteiger partial charge in [0.25, 0.3) is 0 Å². The summed E-state index contributed by atoms with van der Waals surface area (Å²) >= 11 is 5.05. The SMILES string of the molecule is Nc1ccc(-c2cscc2Br)nn1. The van der Waals surface area contributed by atoms with Crippen LogP contribution in [0.2, 0.25) is 0 Å². The highest BCUT2D eigenvalue weighted by atomic mass is 79.9. The monoisotopic (exact) mass is 255 g/mol. The first-order valence-electron chi connectivity index (χ1n) is 3.58. The lowest BCUT2D eigenvalue weighted by Gasteiger charge is -1.96. The Morgan fingerprint density at radius 3 is 2.62 bits per heavy atom. The van der Waals surface area contributed by atoms with Crippen LogP contribution in [0.4, 0.5) is 5.82 Å². The van der Waals surface area contributed by atoms with Gasteiger partial charge in [-0.25, -0.2) is 0 Å². The molecule has 2 rings (SSSR count). The number of aromatic nitrogens is 2. The van der Waals surface area contributed by atoms with Gasteiger partial charge >= 0.3 is 0 Å². The van der Waals surface area contributed by atoms with E-state index in [0.29, 0.717) is 5.82 Å². The first-order chi connectivity index (χ1) is 6.27. The molecule has 66 valence electrons. The highest BCUT2D eigenvalue weighted by Gasteiger charge is 2.05. The minimum absolute atomic E-state index is 0.440. The molecule has 2 aromatic rings. The topological polar surface area (TPSA) is 51.8 Å². The molecule has 0 unspecified atom stereocenters. The average molecular weight is 256 g/mol. The summed E-state index contributed by atoms with van der Waals surface area (Å²) in [5, 5.41) is 11.8. The Labute approximate surface area is 87.7 Å². The van der Waals surface area contributed by atoms with Gasteiger partial charge in [0.1, 0.15) is 5.82 Å². The van der Waals surface area contributed by atoms with E-state index in [-0.39, 0.29) is 0 Å². The molecule has 5 heteroatoms. The van der Waals surface area contributed by atoms with E-state index in [9.17, 15) is 0 Å². The van der Waals surface area contributed by atoms with E-state index < -0.39 is 0 Å². The fourth-order valence-corrected chi connectivity index (χ4v) is 2.44. The first-order valence-corrected chi connectivity index (χ1v) is 5.32. The fraction of sp³-hybridized carbons (Fsp3) is 0. The second-order valence-electron chi connectivity index (χ2n) is 2.48. The molecule has 0 bridgehead atoms. The third kappa shape index (κ3) is 1.71. The Bertz CT molecular complexity index is 410. The molecule has 0 amide bonds. The Morgan fingerprint density at radius 2 is 2.08 bits per heavy atom. The Balaban J connectivity index is 2.47. The maximum absolute atomic E-state index is 5.44. The van der Waals surface area contributed by atoms with Crippen LogP contribution in [0.5, 0.6) is 0 Å². The molecule has 2 heterocycles. The number of anilines is 1. The Kier molecular flexibility index (Phi) is 2.28. The molecule has 0 spiro atoms. The first kappa shape index (κ1) is 8.65. The lowest BCUT2D eigenvalue weighted by Crippen LogP contribution is -1.93. The maximum Gasteiger partial charge on any atom is 0.146 e. The van der Waals surface area contributed by atoms with Gasteiger partial charge in [0, 0.05) is 20.8 Å². The number of halogens is 1. The van der Waals surface area contributed by atoms with Gasteiger partial charge in [0.2, 0.25) is 0 Å². The summed E-state index contributed by atoms with van der Waals surface area (Å²) in [6, 6.07) is 3.60. The molecule has 13 heavy (non-hydrogen) atoms. The van der Waals surface area contributed by atoms with Crippen LogP contribution in [0.15, 0.2) is 27.4 Å². The number of nitrogen functional groups attached to an aromatic ring is 1. The predicted molar refractivity (Wildman–Crippen MR) is 57.5 cm³/mol. The second-order valence-corrected chi connectivity index (χ2v) is 4.07. The third-order valence-electron chi connectivity index (χ3n) is 1.58. The molecular weight excluding hydrogens is 250 g/mol. The molecule has 0 aliphatic carbocycles. The Hall–Kier alpha value is -0.940. The van der Waals surface area contributed by atoms with Crippen molar-refractivity contribution in [2.45, 2.75) is 0 Å². The van der Waals surface area contributed by atoms with E-state index in [4.69, 9.17) is 5.73 Å². The van der Waals surface area contributed by atoms with Crippen LogP contribution in [-0.4, -0.2) is 10.2 Å². The second kappa shape index (κ2) is 3.43. The number of nitrogens with two attached hydrogens (primary N) is 1. The van der Waals surface area contributed by atoms with E-state index in [1.54, 1.807) is 17.4 Å². The van der Waals surface area contributed by atoms with Crippen molar-refractivity contribution in [3.63, 3.8) is 0 Å². The molecule has 3 nitrogen and oxygen atoms in total. The smallest absolute Gasteiger partial charge is 0.146 e. The third-order valence-corrected chi connectivity index (χ3v) is 3.28. The average Bonchev–Trinajstić information content (AvgIpc) is 2.53. The van der Waals surface area contributed by atoms with Gasteiger partial charge in [-0.3, -0.25) is 0 Å². The zero-order valence-electron chi connectivity index (χ0n) is 6.57. The van der Waals surface area contributed by atoms with Crippen molar-refractivity contribution >= 4 is 33.1 Å². The van der Waals surface area contributed by atoms with Gasteiger partial charge < -0.3 is 5.73 Å². The van der Waals surface area contributed by atoms with Gasteiger partial charge in [-0.05, 0) is 28.1 Å². The van der Waals surface area contributed by atoms with E-state index >= 15 is 0 Å². The van der Waals surface area contributed by atoms with Crippen molar-refractivity contribution in [2.24, 2.45) is 0 Å². The predicted octanol–water partition coefficient (Wildman–Crippen LogP) is 2.55. The fourth-order valence-electron chi connectivity index (χ4n) is 0.951. The quantitative estimate of drug-likeness (QED) is 0.853. The van der Waals surface area contributed by atoms with Crippen molar-refractivity contribution in [1.29, 1.82) is 0 Å². The van der Waals surface area contributed by atoms with Crippen LogP contribution in [0.3, 0.4) is 0 Å². The summed E-state index contributed by atoms with van der Waals surface area (Å²) in [6.07, 6.45) is 0. The summed E-state index contributed by atoms with van der Waals surface area (Å²) in [5.74, 6) is 0.440. The van der Waals surface area contributed by atoms with E-state index in [0.717, 1.165) is 15.7 Å². The summed E-state index contributed by atoms with van der Waals surface area (Å²) in [4.78, 5) is 0. The summed E-state index contributed by atoms with van der Waals surface area (Å²) in [5.41, 5.74) is 7.32. The van der Waals surface area contributed by atoms with Crippen LogP contribution in [-0.2, 0) is 0 Å². The number of nitrogens with zero attached hydrogens (tertiary/aromatic N) is 2. The lowest BCUT2D eigenvalue weighted by molar-refractivity contribution is 1.05. The van der Waals surface area contributed by atoms with E-state index in [1.807, 2.05) is 16.8 Å². The van der Waals surface area contributed by atoms with Crippen molar-refractivity contribution in [2.75, 3.05) is 5.73 Å². The van der Waals surface area contributed by atoms with Crippen molar-refractivity contribution in [3.8, 4) is 11.3 Å². The highest BCUT2D eigenvalue weighted by Crippen LogP contribution is 2.29. The number of thiophene rings is 1. The molecule has 2 aromatic heterocycles. The summed E-state index contributed by atoms with van der Waals surface area (Å²) in [7, 11) is 0. The molecule has 0 saturated carbocycles. The number of hydrogen-bond acceptors (Lipinski definition) is 4. The standard InChI is InChI=1S/C8H6BrN3S/c9-6-4-13-3-5(6)7-1-2-8(10)12-11-7/h1-4H,(H2,10,12). The van der Waals surface area contributed by atoms with Gasteiger partial charge in [0.15, 0.2) is 0 Å². The normalized spacial score (nSPS) is 10.2. The Morgan fingerprint density at radius 1 is 1.23 bits per heavy atom. The molecule has 0 radical (unpaired) electrons. The van der Waals surface area contributed by atoms with E-state index in [2.05, 4.69) is 26.1 Å². The maximum atomic E-state index is 5.44. The van der Waals surface area contributed by atoms with Crippen LogP contribution in [0, 0.1) is 0 Å². The molecule has 0 atom stereocenters. The van der Waals surface area contributed by atoms with Gasteiger partial charge in [-0.15, -0.1) is 10.2 Å². The molecule has 0 aromatic carbocycles. The number of hydrogen-bond donors (Lipinski definition) is 1. The van der Waals surface area contributed by atoms with E-state index in [1.165, 1.54) is 0 Å². The molecule has 0 aliphatic heterocycles. The number of rotatable bonds is 1. The minimum atomic E-state index is 0.440. The van der Waals surface area contributed by atoms with Crippen LogP contribution in [0.25, 0.3) is 11.3 Å². The zero-order chi connectivity index (χ0) is 9.26. The molecule has 0 aliphatic rings. The highest BCUT2D eigenvalue weighted by molar-refractivity contribution is 9.10. The summed E-state index contributed by atoms with van der Waals surface area (Å²) < 4.78 is 1.04. The van der Waals surface area contributed by atoms with Crippen LogP contribution >= 0.6 is 27.3 Å². The van der Waals surface area contributed by atoms with Crippen LogP contribution < -0.4 is 5.73 Å². The minimum Gasteiger partial charge on any atom is -0.382 e. The van der Waals surface area contributed by atoms with Gasteiger partial charge in [-0.2, -0.15) is 11.3 Å². The molecule has 0 fully saturated rings. The van der Waals surface area contributed by atoms with Gasteiger partial charge in [0.05, 0.1) is 5.69 Å². The summed E-state index contributed by atoms with van der Waals surface area (Å²) in [6.45, 7) is 0. The van der Waals surface area contributed by atoms with Crippen LogP contribution in [0.1, 0.15) is 0 Å². The zero-order valence-corrected chi connectivity index (χ0v) is 8.97.